The number of benzene rings is 3. The number of carbonyl (C=O) groups is 1. The molecule has 0 radical (unpaired) electrons. The Labute approximate surface area is 189 Å². The monoisotopic (exact) mass is 480 g/mol. The van der Waals surface area contributed by atoms with E-state index >= 15 is 0 Å². The van der Waals surface area contributed by atoms with Gasteiger partial charge in [0, 0.05) is 12.6 Å². The Morgan fingerprint density at radius 2 is 1.78 bits per heavy atom. The van der Waals surface area contributed by atoms with E-state index in [2.05, 4.69) is 5.32 Å². The van der Waals surface area contributed by atoms with Crippen molar-refractivity contribution in [3.63, 3.8) is 0 Å². The maximum absolute atomic E-state index is 13.6. The first-order chi connectivity index (χ1) is 15.2. The van der Waals surface area contributed by atoms with Crippen molar-refractivity contribution in [2.75, 3.05) is 22.8 Å². The van der Waals surface area contributed by atoms with Gasteiger partial charge in [-0.3, -0.25) is 9.10 Å². The number of nitrogens with zero attached hydrogens (tertiary/aromatic N) is 1. The second-order valence-electron chi connectivity index (χ2n) is 6.56. The molecule has 0 aliphatic rings. The van der Waals surface area contributed by atoms with Crippen LogP contribution >= 0.6 is 11.6 Å². The third-order valence-electron chi connectivity index (χ3n) is 4.38. The van der Waals surface area contributed by atoms with Crippen molar-refractivity contribution < 1.29 is 26.7 Å². The maximum Gasteiger partial charge on any atom is 0.264 e. The molecule has 1 N–H and O–H groups in total. The number of amides is 1. The van der Waals surface area contributed by atoms with Gasteiger partial charge in [-0.1, -0.05) is 29.8 Å². The number of sulfonamides is 1. The second kappa shape index (κ2) is 9.97. The average Bonchev–Trinajstić information content (AvgIpc) is 2.75. The predicted octanol–water partition coefficient (Wildman–Crippen LogP) is 4.85. The molecule has 0 fully saturated rings. The Morgan fingerprint density at radius 1 is 1.06 bits per heavy atom. The second-order valence-corrected chi connectivity index (χ2v) is 8.83. The molecule has 0 aliphatic carbocycles. The van der Waals surface area contributed by atoms with Crippen molar-refractivity contribution >= 4 is 38.9 Å². The van der Waals surface area contributed by atoms with E-state index in [0.717, 1.165) is 12.1 Å². The van der Waals surface area contributed by atoms with Gasteiger partial charge < -0.3 is 10.1 Å². The summed E-state index contributed by atoms with van der Waals surface area (Å²) in [5.41, 5.74) is 0.537. The highest BCUT2D eigenvalue weighted by Gasteiger charge is 2.24. The summed E-state index contributed by atoms with van der Waals surface area (Å²) >= 11 is 6.12. The van der Waals surface area contributed by atoms with Gasteiger partial charge in [-0.15, -0.1) is 0 Å². The molecule has 0 bridgehead atoms. The summed E-state index contributed by atoms with van der Waals surface area (Å²) in [6.45, 7) is 1.30. The van der Waals surface area contributed by atoms with E-state index < -0.39 is 34.2 Å². The summed E-state index contributed by atoms with van der Waals surface area (Å²) in [7, 11) is -3.94. The molecule has 0 unspecified atom stereocenters. The van der Waals surface area contributed by atoms with Gasteiger partial charge in [-0.25, -0.2) is 17.2 Å². The van der Waals surface area contributed by atoms with Crippen molar-refractivity contribution in [3.05, 3.63) is 83.4 Å². The van der Waals surface area contributed by atoms with Crippen molar-refractivity contribution in [3.8, 4) is 5.75 Å². The topological polar surface area (TPSA) is 75.7 Å². The van der Waals surface area contributed by atoms with Gasteiger partial charge in [0.15, 0.2) is 18.2 Å². The first kappa shape index (κ1) is 23.5. The highest BCUT2D eigenvalue weighted by molar-refractivity contribution is 7.92. The van der Waals surface area contributed by atoms with Gasteiger partial charge in [-0.05, 0) is 49.4 Å². The van der Waals surface area contributed by atoms with Gasteiger partial charge in [0.05, 0.1) is 21.3 Å². The number of anilines is 2. The minimum Gasteiger partial charge on any atom is -0.481 e. The summed E-state index contributed by atoms with van der Waals surface area (Å²) in [6.07, 6.45) is 0. The van der Waals surface area contributed by atoms with Gasteiger partial charge in [0.1, 0.15) is 5.82 Å². The molecule has 3 aromatic carbocycles. The van der Waals surface area contributed by atoms with Crippen LogP contribution in [-0.2, 0) is 14.8 Å². The smallest absolute Gasteiger partial charge is 0.264 e. The molecule has 3 rings (SSSR count). The van der Waals surface area contributed by atoms with E-state index in [-0.39, 0.29) is 27.9 Å². The molecule has 3 aromatic rings. The van der Waals surface area contributed by atoms with Crippen LogP contribution < -0.4 is 14.4 Å². The van der Waals surface area contributed by atoms with Gasteiger partial charge in [0.25, 0.3) is 15.9 Å². The molecule has 0 saturated carbocycles. The number of hydrogen-bond donors (Lipinski definition) is 1. The van der Waals surface area contributed by atoms with Crippen molar-refractivity contribution in [2.24, 2.45) is 0 Å². The number of rotatable bonds is 8. The van der Waals surface area contributed by atoms with E-state index in [0.29, 0.717) is 11.8 Å². The number of nitrogens with one attached hydrogen (secondary N) is 1. The summed E-state index contributed by atoms with van der Waals surface area (Å²) in [6, 6.07) is 15.2. The first-order valence-corrected chi connectivity index (χ1v) is 11.3. The SMILES string of the molecule is CCN(c1ccccc1)S(=O)(=O)c1ccc(Cl)c(NC(=O)COc2ccc(F)cc2F)c1. The van der Waals surface area contributed by atoms with E-state index in [1.54, 1.807) is 37.3 Å². The van der Waals surface area contributed by atoms with Crippen LogP contribution in [0.3, 0.4) is 0 Å². The van der Waals surface area contributed by atoms with E-state index in [9.17, 15) is 22.0 Å². The zero-order valence-corrected chi connectivity index (χ0v) is 18.5. The Kier molecular flexibility index (Phi) is 7.32. The van der Waals surface area contributed by atoms with Gasteiger partial charge >= 0.3 is 0 Å². The molecule has 0 heterocycles. The standard InChI is InChI=1S/C22H19ClF2N2O4S/c1-2-27(16-6-4-3-5-7-16)32(29,30)17-9-10-18(23)20(13-17)26-22(28)14-31-21-11-8-15(24)12-19(21)25/h3-13H,2,14H2,1H3,(H,26,28). The number of halogens is 3. The minimum atomic E-state index is -3.94. The largest absolute Gasteiger partial charge is 0.481 e. The highest BCUT2D eigenvalue weighted by atomic mass is 35.5. The molecular formula is C22H19ClF2N2O4S. The average molecular weight is 481 g/mol. The molecular weight excluding hydrogens is 462 g/mol. The van der Waals surface area contributed by atoms with Crippen LogP contribution in [0.25, 0.3) is 0 Å². The van der Waals surface area contributed by atoms with Crippen LogP contribution in [0, 0.1) is 11.6 Å². The van der Waals surface area contributed by atoms with Crippen molar-refractivity contribution in [1.82, 2.24) is 0 Å². The van der Waals surface area contributed by atoms with E-state index in [1.165, 1.54) is 22.5 Å². The van der Waals surface area contributed by atoms with Crippen molar-refractivity contribution in [1.29, 1.82) is 0 Å². The normalized spacial score (nSPS) is 11.1. The third-order valence-corrected chi connectivity index (χ3v) is 6.61. The highest BCUT2D eigenvalue weighted by Crippen LogP contribution is 2.29. The van der Waals surface area contributed by atoms with Gasteiger partial charge in [-0.2, -0.15) is 0 Å². The lowest BCUT2D eigenvalue weighted by Crippen LogP contribution is -2.30. The fraction of sp³-hybridized carbons (Fsp3) is 0.136. The lowest BCUT2D eigenvalue weighted by atomic mass is 10.3. The van der Waals surface area contributed by atoms with E-state index in [4.69, 9.17) is 16.3 Å². The molecule has 32 heavy (non-hydrogen) atoms. The first-order valence-electron chi connectivity index (χ1n) is 9.47. The Morgan fingerprint density at radius 3 is 2.44 bits per heavy atom. The number of hydrogen-bond acceptors (Lipinski definition) is 4. The maximum atomic E-state index is 13.6. The molecule has 1 amide bonds. The quantitative estimate of drug-likeness (QED) is 0.500. The minimum absolute atomic E-state index is 0.0463. The predicted molar refractivity (Wildman–Crippen MR) is 119 cm³/mol. The molecule has 6 nitrogen and oxygen atoms in total. The lowest BCUT2D eigenvalue weighted by Gasteiger charge is -2.23. The Bertz CT molecular complexity index is 1220. The lowest BCUT2D eigenvalue weighted by molar-refractivity contribution is -0.118. The zero-order chi connectivity index (χ0) is 23.3. The number of ether oxygens (including phenoxy) is 1. The molecule has 0 atom stereocenters. The third kappa shape index (κ3) is 5.35. The van der Waals surface area contributed by atoms with E-state index in [1.807, 2.05) is 0 Å². The molecule has 168 valence electrons. The zero-order valence-electron chi connectivity index (χ0n) is 16.9. The van der Waals surface area contributed by atoms with Crippen LogP contribution in [0.15, 0.2) is 71.6 Å². The Hall–Kier alpha value is -3.17. The van der Waals surface area contributed by atoms with Crippen molar-refractivity contribution in [2.45, 2.75) is 11.8 Å². The van der Waals surface area contributed by atoms with Crippen LogP contribution in [0.2, 0.25) is 5.02 Å². The number of carbonyl (C=O) groups excluding carboxylic acids is 1. The molecule has 0 saturated heterocycles. The molecule has 0 spiro atoms. The van der Waals surface area contributed by atoms with Crippen LogP contribution in [-0.4, -0.2) is 27.5 Å². The van der Waals surface area contributed by atoms with Crippen LogP contribution in [0.4, 0.5) is 20.2 Å². The summed E-state index contributed by atoms with van der Waals surface area (Å²) in [5.74, 6) is -2.74. The Balaban J connectivity index is 1.78. The van der Waals surface area contributed by atoms with Crippen LogP contribution in [0.5, 0.6) is 5.75 Å². The summed E-state index contributed by atoms with van der Waals surface area (Å²) < 4.78 is 59.2. The summed E-state index contributed by atoms with van der Waals surface area (Å²) in [5, 5.41) is 2.55. The van der Waals surface area contributed by atoms with Crippen LogP contribution in [0.1, 0.15) is 6.92 Å². The molecule has 10 heteroatoms. The number of para-hydroxylation sites is 1. The molecule has 0 aromatic heterocycles. The fourth-order valence-electron chi connectivity index (χ4n) is 2.90. The van der Waals surface area contributed by atoms with Gasteiger partial charge in [0.2, 0.25) is 0 Å². The molecule has 0 aliphatic heterocycles. The summed E-state index contributed by atoms with van der Waals surface area (Å²) in [4.78, 5) is 12.2. The fourth-order valence-corrected chi connectivity index (χ4v) is 4.56.